The zero-order valence-electron chi connectivity index (χ0n) is 13.5. The fourth-order valence-corrected chi connectivity index (χ4v) is 4.27. The number of hydrogen-bond donors (Lipinski definition) is 1. The van der Waals surface area contributed by atoms with Gasteiger partial charge in [-0.15, -0.1) is 0 Å². The van der Waals surface area contributed by atoms with Gasteiger partial charge in [0.15, 0.2) is 0 Å². The summed E-state index contributed by atoms with van der Waals surface area (Å²) in [5.74, 6) is 0. The number of hydrogen-bond acceptors (Lipinski definition) is 4. The Balaban J connectivity index is 1.55. The maximum Gasteiger partial charge on any atom is 0.111 e. The molecule has 2 saturated heterocycles. The molecular formula is C19H23N3O. The molecule has 2 unspecified atom stereocenters. The van der Waals surface area contributed by atoms with Crippen LogP contribution in [0.15, 0.2) is 42.7 Å². The molecule has 0 radical (unpaired) electrons. The van der Waals surface area contributed by atoms with Crippen molar-refractivity contribution in [2.75, 3.05) is 0 Å². The molecule has 0 aliphatic carbocycles. The molecule has 2 aliphatic rings. The van der Waals surface area contributed by atoms with Gasteiger partial charge < -0.3 is 5.11 Å². The van der Waals surface area contributed by atoms with Crippen LogP contribution in [-0.2, 0) is 12.1 Å². The number of aryl methyl sites for hydroxylation is 1. The Morgan fingerprint density at radius 2 is 1.83 bits per heavy atom. The molecule has 0 amide bonds. The summed E-state index contributed by atoms with van der Waals surface area (Å²) in [6.07, 6.45) is 7.33. The third-order valence-electron chi connectivity index (χ3n) is 5.36. The monoisotopic (exact) mass is 309 g/mol. The predicted molar refractivity (Wildman–Crippen MR) is 88.7 cm³/mol. The van der Waals surface area contributed by atoms with Crippen LogP contribution in [0.2, 0.25) is 0 Å². The van der Waals surface area contributed by atoms with E-state index in [1.54, 1.807) is 12.4 Å². The maximum absolute atomic E-state index is 11.2. The summed E-state index contributed by atoms with van der Waals surface area (Å²) >= 11 is 0. The van der Waals surface area contributed by atoms with E-state index in [1.807, 2.05) is 6.92 Å². The minimum absolute atomic E-state index is 0.432. The summed E-state index contributed by atoms with van der Waals surface area (Å²) in [5.41, 5.74) is 2.15. The van der Waals surface area contributed by atoms with Crippen LogP contribution in [0.3, 0.4) is 0 Å². The van der Waals surface area contributed by atoms with Gasteiger partial charge in [0.1, 0.15) is 5.60 Å². The molecule has 1 N–H and O–H groups in total. The fourth-order valence-electron chi connectivity index (χ4n) is 4.27. The van der Waals surface area contributed by atoms with Crippen molar-refractivity contribution >= 4 is 0 Å². The lowest BCUT2D eigenvalue weighted by molar-refractivity contribution is -0.0626. The zero-order valence-corrected chi connectivity index (χ0v) is 13.5. The Morgan fingerprint density at radius 3 is 2.48 bits per heavy atom. The highest BCUT2D eigenvalue weighted by Crippen LogP contribution is 2.45. The van der Waals surface area contributed by atoms with Crippen LogP contribution < -0.4 is 0 Å². The van der Waals surface area contributed by atoms with E-state index in [2.05, 4.69) is 45.2 Å². The Labute approximate surface area is 137 Å². The van der Waals surface area contributed by atoms with E-state index in [9.17, 15) is 5.11 Å². The van der Waals surface area contributed by atoms with Crippen LogP contribution in [0.1, 0.15) is 42.6 Å². The Hall–Kier alpha value is -1.78. The molecule has 23 heavy (non-hydrogen) atoms. The third kappa shape index (κ3) is 2.77. The summed E-state index contributed by atoms with van der Waals surface area (Å²) in [5, 5.41) is 11.2. The van der Waals surface area contributed by atoms with E-state index >= 15 is 0 Å². The summed E-state index contributed by atoms with van der Waals surface area (Å²) in [6, 6.07) is 11.5. The molecule has 3 heterocycles. The molecule has 2 bridgehead atoms. The second-order valence-electron chi connectivity index (χ2n) is 7.03. The standard InChI is InChI=1S/C19H23N3O/c1-14-11-20-12-18(21-14)19(23)9-16-7-8-17(10-19)22(16)13-15-5-3-2-4-6-15/h2-6,11-12,16-17,23H,7-10,13H2,1H3. The summed E-state index contributed by atoms with van der Waals surface area (Å²) in [4.78, 5) is 11.3. The first-order valence-corrected chi connectivity index (χ1v) is 8.45. The van der Waals surface area contributed by atoms with Crippen molar-refractivity contribution in [3.63, 3.8) is 0 Å². The van der Waals surface area contributed by atoms with Crippen molar-refractivity contribution in [1.82, 2.24) is 14.9 Å². The molecular weight excluding hydrogens is 286 g/mol. The van der Waals surface area contributed by atoms with Gasteiger partial charge in [0, 0.05) is 24.8 Å². The van der Waals surface area contributed by atoms with Gasteiger partial charge in [0.2, 0.25) is 0 Å². The lowest BCUT2D eigenvalue weighted by Crippen LogP contribution is -2.49. The smallest absolute Gasteiger partial charge is 0.111 e. The van der Waals surface area contributed by atoms with Crippen LogP contribution >= 0.6 is 0 Å². The molecule has 4 heteroatoms. The van der Waals surface area contributed by atoms with Crippen LogP contribution in [0.25, 0.3) is 0 Å². The molecule has 2 fully saturated rings. The number of rotatable bonds is 3. The average molecular weight is 309 g/mol. The molecule has 2 aliphatic heterocycles. The van der Waals surface area contributed by atoms with E-state index in [1.165, 1.54) is 18.4 Å². The van der Waals surface area contributed by atoms with E-state index < -0.39 is 5.60 Å². The van der Waals surface area contributed by atoms with Crippen LogP contribution in [-0.4, -0.2) is 32.1 Å². The van der Waals surface area contributed by atoms with Gasteiger partial charge in [-0.05, 0) is 38.2 Å². The molecule has 0 spiro atoms. The first-order valence-electron chi connectivity index (χ1n) is 8.45. The molecule has 1 aromatic heterocycles. The van der Waals surface area contributed by atoms with E-state index in [0.29, 0.717) is 12.1 Å². The quantitative estimate of drug-likeness (QED) is 0.947. The summed E-state index contributed by atoms with van der Waals surface area (Å²) < 4.78 is 0. The van der Waals surface area contributed by atoms with Crippen LogP contribution in [0.4, 0.5) is 0 Å². The Kier molecular flexibility index (Phi) is 3.66. The highest BCUT2D eigenvalue weighted by Gasteiger charge is 2.48. The molecule has 120 valence electrons. The number of nitrogens with zero attached hydrogens (tertiary/aromatic N) is 3. The van der Waals surface area contributed by atoms with E-state index in [4.69, 9.17) is 0 Å². The number of piperidine rings is 1. The number of aromatic nitrogens is 2. The van der Waals surface area contributed by atoms with Crippen molar-refractivity contribution in [2.24, 2.45) is 0 Å². The minimum Gasteiger partial charge on any atom is -0.383 e. The van der Waals surface area contributed by atoms with Crippen molar-refractivity contribution in [3.05, 3.63) is 59.7 Å². The molecule has 4 nitrogen and oxygen atoms in total. The normalized spacial score (nSPS) is 30.5. The molecule has 0 saturated carbocycles. The van der Waals surface area contributed by atoms with Crippen molar-refractivity contribution in [3.8, 4) is 0 Å². The second-order valence-corrected chi connectivity index (χ2v) is 7.03. The van der Waals surface area contributed by atoms with Crippen LogP contribution in [0.5, 0.6) is 0 Å². The SMILES string of the molecule is Cc1cncc(C2(O)CC3CCC(C2)N3Cc2ccccc2)n1. The van der Waals surface area contributed by atoms with Gasteiger partial charge >= 0.3 is 0 Å². The molecule has 4 rings (SSSR count). The van der Waals surface area contributed by atoms with Gasteiger partial charge in [-0.1, -0.05) is 30.3 Å². The van der Waals surface area contributed by atoms with E-state index in [-0.39, 0.29) is 0 Å². The zero-order chi connectivity index (χ0) is 15.9. The van der Waals surface area contributed by atoms with E-state index in [0.717, 1.165) is 30.8 Å². The van der Waals surface area contributed by atoms with Gasteiger partial charge in [0.25, 0.3) is 0 Å². The third-order valence-corrected chi connectivity index (χ3v) is 5.36. The van der Waals surface area contributed by atoms with Gasteiger partial charge in [0.05, 0.1) is 17.6 Å². The number of fused-ring (bicyclic) bond motifs is 2. The fraction of sp³-hybridized carbons (Fsp3) is 0.474. The maximum atomic E-state index is 11.2. The number of aliphatic hydroxyl groups is 1. The first-order chi connectivity index (χ1) is 11.1. The van der Waals surface area contributed by atoms with Crippen LogP contribution in [0, 0.1) is 6.92 Å². The topological polar surface area (TPSA) is 49.3 Å². The molecule has 2 aromatic rings. The van der Waals surface area contributed by atoms with Gasteiger partial charge in [-0.25, -0.2) is 0 Å². The van der Waals surface area contributed by atoms with Crippen molar-refractivity contribution < 1.29 is 5.11 Å². The van der Waals surface area contributed by atoms with Gasteiger partial charge in [-0.2, -0.15) is 0 Å². The minimum atomic E-state index is -0.821. The Bertz CT molecular complexity index is 674. The lowest BCUT2D eigenvalue weighted by Gasteiger charge is -2.43. The largest absolute Gasteiger partial charge is 0.383 e. The summed E-state index contributed by atoms with van der Waals surface area (Å²) in [7, 11) is 0. The second kappa shape index (κ2) is 5.69. The van der Waals surface area contributed by atoms with Crippen molar-refractivity contribution in [1.29, 1.82) is 0 Å². The Morgan fingerprint density at radius 1 is 1.13 bits per heavy atom. The van der Waals surface area contributed by atoms with Gasteiger partial charge in [-0.3, -0.25) is 14.9 Å². The average Bonchev–Trinajstić information content (AvgIpc) is 2.80. The first kappa shape index (κ1) is 14.8. The highest BCUT2D eigenvalue weighted by molar-refractivity contribution is 5.19. The van der Waals surface area contributed by atoms with Crippen molar-refractivity contribution in [2.45, 2.75) is 56.8 Å². The lowest BCUT2D eigenvalue weighted by atomic mass is 9.83. The molecule has 2 atom stereocenters. The summed E-state index contributed by atoms with van der Waals surface area (Å²) in [6.45, 7) is 2.91. The predicted octanol–water partition coefficient (Wildman–Crippen LogP) is 2.80. The highest BCUT2D eigenvalue weighted by atomic mass is 16.3. The number of benzene rings is 1. The molecule has 1 aromatic carbocycles.